The van der Waals surface area contributed by atoms with Crippen molar-refractivity contribution in [2.45, 2.75) is 19.9 Å². The first-order chi connectivity index (χ1) is 13.0. The summed E-state index contributed by atoms with van der Waals surface area (Å²) in [5, 5.41) is 5.69. The number of benzene rings is 1. The molecule has 2 aromatic rings. The van der Waals surface area contributed by atoms with Gasteiger partial charge < -0.3 is 20.3 Å². The van der Waals surface area contributed by atoms with E-state index in [1.54, 1.807) is 18.2 Å². The van der Waals surface area contributed by atoms with Gasteiger partial charge in [-0.1, -0.05) is 18.2 Å². The Labute approximate surface area is 158 Å². The summed E-state index contributed by atoms with van der Waals surface area (Å²) < 4.78 is 5.40. The highest BCUT2D eigenvalue weighted by atomic mass is 16.5. The van der Waals surface area contributed by atoms with Crippen LogP contribution in [0.1, 0.15) is 34.8 Å². The monoisotopic (exact) mass is 368 g/mol. The van der Waals surface area contributed by atoms with E-state index in [1.165, 1.54) is 0 Å². The minimum Gasteiger partial charge on any atom is -0.378 e. The lowest BCUT2D eigenvalue weighted by atomic mass is 10.2. The molecule has 1 saturated heterocycles. The Hall–Kier alpha value is -2.93. The van der Waals surface area contributed by atoms with Crippen molar-refractivity contribution in [3.8, 4) is 0 Å². The van der Waals surface area contributed by atoms with Crippen LogP contribution in [-0.4, -0.2) is 49.1 Å². The van der Waals surface area contributed by atoms with Gasteiger partial charge in [-0.2, -0.15) is 0 Å². The molecule has 142 valence electrons. The Morgan fingerprint density at radius 2 is 1.67 bits per heavy atom. The van der Waals surface area contributed by atoms with Crippen LogP contribution in [0, 0.1) is 0 Å². The second-order valence-corrected chi connectivity index (χ2v) is 6.61. The number of nitrogens with one attached hydrogen (secondary N) is 2. The number of carbonyl (C=O) groups excluding carboxylic acids is 2. The summed E-state index contributed by atoms with van der Waals surface area (Å²) >= 11 is 0. The molecule has 2 heterocycles. The number of morpholine rings is 1. The molecule has 7 heteroatoms. The summed E-state index contributed by atoms with van der Waals surface area (Å²) in [6, 6.07) is 12.5. The van der Waals surface area contributed by atoms with Gasteiger partial charge in [0.25, 0.3) is 11.8 Å². The number of nitrogens with zero attached hydrogens (tertiary/aromatic N) is 2. The van der Waals surface area contributed by atoms with Crippen LogP contribution >= 0.6 is 0 Å². The maximum Gasteiger partial charge on any atom is 0.274 e. The van der Waals surface area contributed by atoms with Crippen LogP contribution in [0.25, 0.3) is 0 Å². The Bertz CT molecular complexity index is 816. The van der Waals surface area contributed by atoms with Crippen molar-refractivity contribution < 1.29 is 14.3 Å². The Morgan fingerprint density at radius 3 is 2.37 bits per heavy atom. The Kier molecular flexibility index (Phi) is 6.03. The Morgan fingerprint density at radius 1 is 1.00 bits per heavy atom. The predicted molar refractivity (Wildman–Crippen MR) is 104 cm³/mol. The van der Waals surface area contributed by atoms with E-state index >= 15 is 0 Å². The number of ether oxygens (including phenoxy) is 1. The number of aromatic nitrogens is 1. The summed E-state index contributed by atoms with van der Waals surface area (Å²) in [6.07, 6.45) is 0. The number of carbonyl (C=O) groups is 2. The molecular formula is C20H24N4O3. The third-order valence-corrected chi connectivity index (χ3v) is 4.14. The molecule has 0 saturated carbocycles. The molecule has 3 rings (SSSR count). The molecule has 0 unspecified atom stereocenters. The highest BCUT2D eigenvalue weighted by molar-refractivity contribution is 6.05. The SMILES string of the molecule is CC(C)NC(=O)c1cccc(C(=O)Nc2ccccc2N2CCOCC2)n1. The highest BCUT2D eigenvalue weighted by Crippen LogP contribution is 2.26. The topological polar surface area (TPSA) is 83.6 Å². The zero-order valence-corrected chi connectivity index (χ0v) is 15.6. The number of hydrogen-bond donors (Lipinski definition) is 2. The molecule has 0 radical (unpaired) electrons. The summed E-state index contributed by atoms with van der Waals surface area (Å²) in [5.41, 5.74) is 2.08. The van der Waals surface area contributed by atoms with Crippen LogP contribution in [0.4, 0.5) is 11.4 Å². The van der Waals surface area contributed by atoms with Crippen molar-refractivity contribution in [1.82, 2.24) is 10.3 Å². The zero-order valence-electron chi connectivity index (χ0n) is 15.6. The number of hydrogen-bond acceptors (Lipinski definition) is 5. The van der Waals surface area contributed by atoms with Crippen LogP contribution in [0.3, 0.4) is 0 Å². The van der Waals surface area contributed by atoms with Gasteiger partial charge in [-0.25, -0.2) is 4.98 Å². The van der Waals surface area contributed by atoms with Crippen LogP contribution in [0.5, 0.6) is 0 Å². The van der Waals surface area contributed by atoms with Gasteiger partial charge >= 0.3 is 0 Å². The van der Waals surface area contributed by atoms with Gasteiger partial charge in [0, 0.05) is 19.1 Å². The van der Waals surface area contributed by atoms with Gasteiger partial charge in [0.05, 0.1) is 24.6 Å². The number of rotatable bonds is 5. The summed E-state index contributed by atoms with van der Waals surface area (Å²) in [4.78, 5) is 31.2. The fourth-order valence-electron chi connectivity index (χ4n) is 2.87. The van der Waals surface area contributed by atoms with Crippen LogP contribution in [-0.2, 0) is 4.74 Å². The second-order valence-electron chi connectivity index (χ2n) is 6.61. The van der Waals surface area contributed by atoms with Crippen LogP contribution in [0.15, 0.2) is 42.5 Å². The van der Waals surface area contributed by atoms with E-state index in [-0.39, 0.29) is 29.2 Å². The first kappa shape index (κ1) is 18.8. The van der Waals surface area contributed by atoms with Crippen molar-refractivity contribution in [1.29, 1.82) is 0 Å². The van der Waals surface area contributed by atoms with Crippen molar-refractivity contribution in [2.24, 2.45) is 0 Å². The van der Waals surface area contributed by atoms with E-state index in [4.69, 9.17) is 4.74 Å². The standard InChI is InChI=1S/C20H24N4O3/c1-14(2)21-19(25)16-7-5-8-17(22-16)20(26)23-15-6-3-4-9-18(15)24-10-12-27-13-11-24/h3-9,14H,10-13H2,1-2H3,(H,21,25)(H,23,26). The Balaban J connectivity index is 1.77. The maximum atomic E-state index is 12.7. The normalized spacial score (nSPS) is 14.1. The average molecular weight is 368 g/mol. The lowest BCUT2D eigenvalue weighted by molar-refractivity contribution is 0.0938. The van der Waals surface area contributed by atoms with E-state index in [2.05, 4.69) is 20.5 Å². The lowest BCUT2D eigenvalue weighted by Gasteiger charge is -2.30. The molecule has 1 aromatic heterocycles. The molecule has 0 bridgehead atoms. The second kappa shape index (κ2) is 8.64. The lowest BCUT2D eigenvalue weighted by Crippen LogP contribution is -2.36. The highest BCUT2D eigenvalue weighted by Gasteiger charge is 2.18. The van der Waals surface area contributed by atoms with Gasteiger partial charge in [-0.3, -0.25) is 9.59 Å². The minimum absolute atomic E-state index is 0.00261. The summed E-state index contributed by atoms with van der Waals surface area (Å²) in [6.45, 7) is 6.62. The number of anilines is 2. The van der Waals surface area contributed by atoms with Gasteiger partial charge in [-0.15, -0.1) is 0 Å². The average Bonchev–Trinajstić information content (AvgIpc) is 2.68. The predicted octanol–water partition coefficient (Wildman–Crippen LogP) is 2.31. The molecular weight excluding hydrogens is 344 g/mol. The molecule has 0 aliphatic carbocycles. The first-order valence-electron chi connectivity index (χ1n) is 9.05. The maximum absolute atomic E-state index is 12.7. The fraction of sp³-hybridized carbons (Fsp3) is 0.350. The molecule has 1 aliphatic rings. The number of pyridine rings is 1. The van der Waals surface area contributed by atoms with Gasteiger partial charge in [0.15, 0.2) is 0 Å². The van der Waals surface area contributed by atoms with Crippen molar-refractivity contribution in [3.05, 3.63) is 53.9 Å². The van der Waals surface area contributed by atoms with E-state index in [0.717, 1.165) is 18.8 Å². The molecule has 1 aromatic carbocycles. The van der Waals surface area contributed by atoms with E-state index in [9.17, 15) is 9.59 Å². The molecule has 2 N–H and O–H groups in total. The molecule has 0 spiro atoms. The smallest absolute Gasteiger partial charge is 0.274 e. The van der Waals surface area contributed by atoms with Crippen molar-refractivity contribution >= 4 is 23.2 Å². The van der Waals surface area contributed by atoms with E-state index < -0.39 is 0 Å². The zero-order chi connectivity index (χ0) is 19.2. The molecule has 0 atom stereocenters. The van der Waals surface area contributed by atoms with E-state index in [1.807, 2.05) is 38.1 Å². The van der Waals surface area contributed by atoms with Crippen molar-refractivity contribution in [2.75, 3.05) is 36.5 Å². The first-order valence-corrected chi connectivity index (χ1v) is 9.05. The van der Waals surface area contributed by atoms with Gasteiger partial charge in [0.2, 0.25) is 0 Å². The van der Waals surface area contributed by atoms with Gasteiger partial charge in [0.1, 0.15) is 11.4 Å². The largest absolute Gasteiger partial charge is 0.378 e. The van der Waals surface area contributed by atoms with Crippen molar-refractivity contribution in [3.63, 3.8) is 0 Å². The van der Waals surface area contributed by atoms with Crippen LogP contribution < -0.4 is 15.5 Å². The minimum atomic E-state index is -0.352. The molecule has 2 amide bonds. The van der Waals surface area contributed by atoms with E-state index in [0.29, 0.717) is 18.9 Å². The quantitative estimate of drug-likeness (QED) is 0.846. The van der Waals surface area contributed by atoms with Gasteiger partial charge in [-0.05, 0) is 38.1 Å². The van der Waals surface area contributed by atoms with Crippen LogP contribution in [0.2, 0.25) is 0 Å². The molecule has 27 heavy (non-hydrogen) atoms. The number of para-hydroxylation sites is 2. The fourth-order valence-corrected chi connectivity index (χ4v) is 2.87. The summed E-state index contributed by atoms with van der Waals surface area (Å²) in [5.74, 6) is -0.650. The third kappa shape index (κ3) is 4.83. The third-order valence-electron chi connectivity index (χ3n) is 4.14. The number of amides is 2. The molecule has 1 aliphatic heterocycles. The summed E-state index contributed by atoms with van der Waals surface area (Å²) in [7, 11) is 0. The molecule has 1 fully saturated rings. The molecule has 7 nitrogen and oxygen atoms in total.